The number of hydrogen-bond donors (Lipinski definition) is 2. The minimum absolute atomic E-state index is 0.0503. The Balaban J connectivity index is 1.53. The van der Waals surface area contributed by atoms with Gasteiger partial charge in [-0.05, 0) is 62.1 Å². The van der Waals surface area contributed by atoms with Gasteiger partial charge in [-0.1, -0.05) is 18.7 Å². The standard InChI is InChI=1S/C24H29N3O3/c1-18(2)17-30-22-11-7-10-21(15-22)26-23(28)16-25-20-9-6-8-19(14-20)24(29)27-12-4-3-5-13-27/h6-11,14-15,25H,1,3-5,12-13,16-17H2,2H3,(H,26,28). The Morgan fingerprint density at radius 2 is 1.77 bits per heavy atom. The Hall–Kier alpha value is -3.28. The molecule has 1 aliphatic heterocycles. The lowest BCUT2D eigenvalue weighted by molar-refractivity contribution is -0.114. The fraction of sp³-hybridized carbons (Fsp3) is 0.333. The van der Waals surface area contributed by atoms with Gasteiger partial charge in [0, 0.05) is 36.1 Å². The van der Waals surface area contributed by atoms with Gasteiger partial charge in [0.15, 0.2) is 0 Å². The lowest BCUT2D eigenvalue weighted by Crippen LogP contribution is -2.35. The molecule has 3 rings (SSSR count). The second-order valence-corrected chi connectivity index (χ2v) is 7.61. The summed E-state index contributed by atoms with van der Waals surface area (Å²) in [5.74, 6) is 0.543. The van der Waals surface area contributed by atoms with E-state index in [9.17, 15) is 9.59 Å². The average molecular weight is 408 g/mol. The molecule has 6 nitrogen and oxygen atoms in total. The summed E-state index contributed by atoms with van der Waals surface area (Å²) in [6.07, 6.45) is 3.30. The maximum absolute atomic E-state index is 12.7. The highest BCUT2D eigenvalue weighted by Crippen LogP contribution is 2.19. The summed E-state index contributed by atoms with van der Waals surface area (Å²) in [4.78, 5) is 26.9. The molecule has 2 amide bonds. The number of nitrogens with zero attached hydrogens (tertiary/aromatic N) is 1. The number of carbonyl (C=O) groups excluding carboxylic acids is 2. The molecule has 0 spiro atoms. The molecule has 1 saturated heterocycles. The average Bonchev–Trinajstić information content (AvgIpc) is 2.77. The van der Waals surface area contributed by atoms with Gasteiger partial charge in [0.25, 0.3) is 5.91 Å². The molecule has 0 radical (unpaired) electrons. The molecule has 0 aliphatic carbocycles. The van der Waals surface area contributed by atoms with Gasteiger partial charge in [0.2, 0.25) is 5.91 Å². The zero-order chi connectivity index (χ0) is 21.3. The number of ether oxygens (including phenoxy) is 1. The van der Waals surface area contributed by atoms with Gasteiger partial charge < -0.3 is 20.3 Å². The first-order valence-electron chi connectivity index (χ1n) is 10.3. The van der Waals surface area contributed by atoms with Crippen LogP contribution in [-0.4, -0.2) is 43.0 Å². The summed E-state index contributed by atoms with van der Waals surface area (Å²) < 4.78 is 5.60. The second-order valence-electron chi connectivity index (χ2n) is 7.61. The van der Waals surface area contributed by atoms with Crippen LogP contribution in [0.4, 0.5) is 11.4 Å². The highest BCUT2D eigenvalue weighted by Gasteiger charge is 2.18. The van der Waals surface area contributed by atoms with E-state index in [0.717, 1.165) is 37.2 Å². The van der Waals surface area contributed by atoms with Gasteiger partial charge in [-0.3, -0.25) is 9.59 Å². The Kier molecular flexibility index (Phi) is 7.49. The van der Waals surface area contributed by atoms with Gasteiger partial charge in [-0.2, -0.15) is 0 Å². The van der Waals surface area contributed by atoms with Crippen molar-refractivity contribution in [2.24, 2.45) is 0 Å². The first-order chi connectivity index (χ1) is 14.5. The molecule has 0 unspecified atom stereocenters. The Labute approximate surface area is 177 Å². The number of nitrogens with one attached hydrogen (secondary N) is 2. The number of hydrogen-bond acceptors (Lipinski definition) is 4. The topological polar surface area (TPSA) is 70.7 Å². The predicted molar refractivity (Wildman–Crippen MR) is 120 cm³/mol. The fourth-order valence-corrected chi connectivity index (χ4v) is 3.30. The summed E-state index contributed by atoms with van der Waals surface area (Å²) in [7, 11) is 0. The number of carbonyl (C=O) groups is 2. The zero-order valence-electron chi connectivity index (χ0n) is 17.4. The van der Waals surface area contributed by atoms with Crippen LogP contribution in [-0.2, 0) is 4.79 Å². The largest absolute Gasteiger partial charge is 0.489 e. The van der Waals surface area contributed by atoms with E-state index in [0.29, 0.717) is 23.6 Å². The molecular weight excluding hydrogens is 378 g/mol. The van der Waals surface area contributed by atoms with Crippen molar-refractivity contribution in [2.75, 3.05) is 36.9 Å². The van der Waals surface area contributed by atoms with E-state index in [1.807, 2.05) is 48.2 Å². The molecular formula is C24H29N3O3. The highest BCUT2D eigenvalue weighted by atomic mass is 16.5. The second kappa shape index (κ2) is 10.5. The number of benzene rings is 2. The number of amides is 2. The quantitative estimate of drug-likeness (QED) is 0.640. The first-order valence-corrected chi connectivity index (χ1v) is 10.3. The van der Waals surface area contributed by atoms with E-state index in [2.05, 4.69) is 17.2 Å². The van der Waals surface area contributed by atoms with Gasteiger partial charge in [0.05, 0.1) is 6.54 Å². The molecule has 158 valence electrons. The summed E-state index contributed by atoms with van der Waals surface area (Å²) in [5.41, 5.74) is 2.97. The van der Waals surface area contributed by atoms with Crippen LogP contribution in [0.2, 0.25) is 0 Å². The van der Waals surface area contributed by atoms with Crippen LogP contribution in [0.25, 0.3) is 0 Å². The Morgan fingerprint density at radius 3 is 2.53 bits per heavy atom. The summed E-state index contributed by atoms with van der Waals surface area (Å²) in [6.45, 7) is 7.86. The lowest BCUT2D eigenvalue weighted by atomic mass is 10.1. The summed E-state index contributed by atoms with van der Waals surface area (Å²) >= 11 is 0. The molecule has 0 bridgehead atoms. The number of likely N-dealkylation sites (tertiary alicyclic amines) is 1. The Morgan fingerprint density at radius 1 is 1.03 bits per heavy atom. The van der Waals surface area contributed by atoms with Crippen LogP contribution in [0.3, 0.4) is 0 Å². The maximum Gasteiger partial charge on any atom is 0.253 e. The molecule has 1 fully saturated rings. The molecule has 0 aromatic heterocycles. The molecule has 6 heteroatoms. The summed E-state index contributed by atoms with van der Waals surface area (Å²) in [5, 5.41) is 5.94. The van der Waals surface area contributed by atoms with Crippen molar-refractivity contribution in [3.8, 4) is 5.75 Å². The van der Waals surface area contributed by atoms with Crippen molar-refractivity contribution in [3.05, 3.63) is 66.2 Å². The molecule has 1 heterocycles. The van der Waals surface area contributed by atoms with Gasteiger partial charge in [-0.25, -0.2) is 0 Å². The van der Waals surface area contributed by atoms with Crippen molar-refractivity contribution in [2.45, 2.75) is 26.2 Å². The first kappa shape index (κ1) is 21.4. The van der Waals surface area contributed by atoms with Crippen LogP contribution in [0, 0.1) is 0 Å². The molecule has 1 aliphatic rings. The van der Waals surface area contributed by atoms with E-state index in [4.69, 9.17) is 4.74 Å². The molecule has 2 aromatic rings. The van der Waals surface area contributed by atoms with Crippen molar-refractivity contribution in [1.29, 1.82) is 0 Å². The van der Waals surface area contributed by atoms with E-state index >= 15 is 0 Å². The third-order valence-electron chi connectivity index (χ3n) is 4.81. The monoisotopic (exact) mass is 407 g/mol. The molecule has 2 N–H and O–H groups in total. The van der Waals surface area contributed by atoms with Crippen molar-refractivity contribution in [3.63, 3.8) is 0 Å². The van der Waals surface area contributed by atoms with Gasteiger partial charge >= 0.3 is 0 Å². The highest BCUT2D eigenvalue weighted by molar-refractivity contribution is 5.96. The molecule has 0 atom stereocenters. The van der Waals surface area contributed by atoms with Crippen LogP contribution in [0.15, 0.2) is 60.7 Å². The molecule has 2 aromatic carbocycles. The number of piperidine rings is 1. The van der Waals surface area contributed by atoms with E-state index < -0.39 is 0 Å². The zero-order valence-corrected chi connectivity index (χ0v) is 17.4. The number of anilines is 2. The van der Waals surface area contributed by atoms with Crippen LogP contribution in [0.1, 0.15) is 36.5 Å². The van der Waals surface area contributed by atoms with Crippen molar-refractivity contribution >= 4 is 23.2 Å². The van der Waals surface area contributed by atoms with Crippen molar-refractivity contribution in [1.82, 2.24) is 4.90 Å². The molecule has 0 saturated carbocycles. The van der Waals surface area contributed by atoms with Gasteiger partial charge in [-0.15, -0.1) is 0 Å². The smallest absolute Gasteiger partial charge is 0.253 e. The summed E-state index contributed by atoms with van der Waals surface area (Å²) in [6, 6.07) is 14.6. The Bertz CT molecular complexity index is 904. The number of rotatable bonds is 8. The van der Waals surface area contributed by atoms with E-state index in [1.54, 1.807) is 12.1 Å². The molecule has 30 heavy (non-hydrogen) atoms. The van der Waals surface area contributed by atoms with Crippen LogP contribution >= 0.6 is 0 Å². The van der Waals surface area contributed by atoms with Gasteiger partial charge in [0.1, 0.15) is 12.4 Å². The predicted octanol–water partition coefficient (Wildman–Crippen LogP) is 4.32. The normalized spacial score (nSPS) is 13.4. The third-order valence-corrected chi connectivity index (χ3v) is 4.81. The fourth-order valence-electron chi connectivity index (χ4n) is 3.30. The third kappa shape index (κ3) is 6.37. The van der Waals surface area contributed by atoms with Crippen molar-refractivity contribution < 1.29 is 14.3 Å². The van der Waals surface area contributed by atoms with E-state index in [-0.39, 0.29) is 18.4 Å². The van der Waals surface area contributed by atoms with E-state index in [1.165, 1.54) is 6.42 Å². The van der Waals surface area contributed by atoms with Crippen LogP contribution < -0.4 is 15.4 Å². The SMILES string of the molecule is C=C(C)COc1cccc(NC(=O)CNc2cccc(C(=O)N3CCCCC3)c2)c1. The lowest BCUT2D eigenvalue weighted by Gasteiger charge is -2.26. The minimum atomic E-state index is -0.181. The maximum atomic E-state index is 12.7. The van der Waals surface area contributed by atoms with Crippen LogP contribution in [0.5, 0.6) is 5.75 Å². The minimum Gasteiger partial charge on any atom is -0.489 e.